The van der Waals surface area contributed by atoms with Gasteiger partial charge < -0.3 is 9.84 Å². The van der Waals surface area contributed by atoms with E-state index in [0.717, 1.165) is 31.4 Å². The van der Waals surface area contributed by atoms with E-state index < -0.39 is 5.60 Å². The Kier molecular flexibility index (Phi) is 1.91. The topological polar surface area (TPSA) is 29.5 Å². The standard InChI is InChI=1S/C14H18O2/c1-13(2)8-10-4-3-5-11(12(10)16-13)9-14(15)6-7-14/h3-5,15H,6-9H2,1-2H3. The Labute approximate surface area is 96.2 Å². The smallest absolute Gasteiger partial charge is 0.126 e. The molecule has 1 heterocycles. The van der Waals surface area contributed by atoms with Crippen molar-refractivity contribution >= 4 is 0 Å². The average molecular weight is 218 g/mol. The van der Waals surface area contributed by atoms with E-state index >= 15 is 0 Å². The largest absolute Gasteiger partial charge is 0.487 e. The van der Waals surface area contributed by atoms with Crippen molar-refractivity contribution in [2.24, 2.45) is 0 Å². The van der Waals surface area contributed by atoms with Gasteiger partial charge in [-0.1, -0.05) is 18.2 Å². The van der Waals surface area contributed by atoms with E-state index in [1.54, 1.807) is 0 Å². The molecule has 0 amide bonds. The molecule has 0 unspecified atom stereocenters. The molecular weight excluding hydrogens is 200 g/mol. The molecule has 2 heteroatoms. The highest BCUT2D eigenvalue weighted by molar-refractivity contribution is 5.46. The van der Waals surface area contributed by atoms with Crippen molar-refractivity contribution in [1.29, 1.82) is 0 Å². The zero-order valence-corrected chi connectivity index (χ0v) is 9.92. The van der Waals surface area contributed by atoms with Crippen LogP contribution in [0.5, 0.6) is 5.75 Å². The monoisotopic (exact) mass is 218 g/mol. The van der Waals surface area contributed by atoms with Crippen molar-refractivity contribution in [3.05, 3.63) is 29.3 Å². The zero-order chi connectivity index (χ0) is 11.4. The second-order valence-corrected chi connectivity index (χ2v) is 5.85. The number of benzene rings is 1. The van der Waals surface area contributed by atoms with E-state index in [1.807, 2.05) is 0 Å². The first-order valence-corrected chi connectivity index (χ1v) is 6.00. The Morgan fingerprint density at radius 1 is 1.31 bits per heavy atom. The number of hydrogen-bond donors (Lipinski definition) is 1. The second kappa shape index (κ2) is 3.01. The van der Waals surface area contributed by atoms with Gasteiger partial charge in [-0.2, -0.15) is 0 Å². The van der Waals surface area contributed by atoms with E-state index in [-0.39, 0.29) is 5.60 Å². The molecule has 0 radical (unpaired) electrons. The van der Waals surface area contributed by atoms with Crippen LogP contribution in [-0.2, 0) is 12.8 Å². The van der Waals surface area contributed by atoms with Crippen LogP contribution in [0.15, 0.2) is 18.2 Å². The molecule has 1 aliphatic heterocycles. The van der Waals surface area contributed by atoms with Gasteiger partial charge in [0.25, 0.3) is 0 Å². The summed E-state index contributed by atoms with van der Waals surface area (Å²) in [6.45, 7) is 4.23. The van der Waals surface area contributed by atoms with Crippen molar-refractivity contribution in [3.63, 3.8) is 0 Å². The van der Waals surface area contributed by atoms with Crippen LogP contribution >= 0.6 is 0 Å². The highest BCUT2D eigenvalue weighted by Gasteiger charge is 2.42. The fraction of sp³-hybridized carbons (Fsp3) is 0.571. The van der Waals surface area contributed by atoms with Gasteiger partial charge in [0.05, 0.1) is 5.60 Å². The molecule has 0 bridgehead atoms. The fourth-order valence-electron chi connectivity index (χ4n) is 2.49. The van der Waals surface area contributed by atoms with Crippen molar-refractivity contribution in [1.82, 2.24) is 0 Å². The Hall–Kier alpha value is -1.02. The Bertz CT molecular complexity index is 430. The van der Waals surface area contributed by atoms with Crippen LogP contribution in [0.2, 0.25) is 0 Å². The Balaban J connectivity index is 1.93. The number of ether oxygens (including phenoxy) is 1. The minimum Gasteiger partial charge on any atom is -0.487 e. The minimum atomic E-state index is -0.439. The van der Waals surface area contributed by atoms with Crippen LogP contribution in [0, 0.1) is 0 Å². The maximum atomic E-state index is 9.99. The summed E-state index contributed by atoms with van der Waals surface area (Å²) in [6, 6.07) is 6.28. The number of aliphatic hydroxyl groups is 1. The van der Waals surface area contributed by atoms with Gasteiger partial charge in [0.15, 0.2) is 0 Å². The Morgan fingerprint density at radius 3 is 2.75 bits per heavy atom. The predicted octanol–water partition coefficient (Wildman–Crippen LogP) is 2.47. The first kappa shape index (κ1) is 10.2. The summed E-state index contributed by atoms with van der Waals surface area (Å²) >= 11 is 0. The summed E-state index contributed by atoms with van der Waals surface area (Å²) in [4.78, 5) is 0. The van der Waals surface area contributed by atoms with Crippen LogP contribution in [0.25, 0.3) is 0 Å². The summed E-state index contributed by atoms with van der Waals surface area (Å²) in [7, 11) is 0. The van der Waals surface area contributed by atoms with Crippen LogP contribution in [0.4, 0.5) is 0 Å². The van der Waals surface area contributed by atoms with Crippen LogP contribution in [0.3, 0.4) is 0 Å². The number of para-hydroxylation sites is 1. The van der Waals surface area contributed by atoms with Crippen LogP contribution in [0.1, 0.15) is 37.8 Å². The van der Waals surface area contributed by atoms with Crippen molar-refractivity contribution in [3.8, 4) is 5.75 Å². The Morgan fingerprint density at radius 2 is 2.06 bits per heavy atom. The molecule has 0 spiro atoms. The lowest BCUT2D eigenvalue weighted by atomic mass is 9.98. The van der Waals surface area contributed by atoms with Crippen molar-refractivity contribution in [2.75, 3.05) is 0 Å². The first-order valence-electron chi connectivity index (χ1n) is 6.00. The van der Waals surface area contributed by atoms with Crippen molar-refractivity contribution < 1.29 is 9.84 Å². The quantitative estimate of drug-likeness (QED) is 0.826. The van der Waals surface area contributed by atoms with Crippen LogP contribution in [-0.4, -0.2) is 16.3 Å². The maximum Gasteiger partial charge on any atom is 0.126 e. The summed E-state index contributed by atoms with van der Waals surface area (Å²) in [5.41, 5.74) is 1.92. The van der Waals surface area contributed by atoms with Gasteiger partial charge in [-0.05, 0) is 37.8 Å². The number of hydrogen-bond acceptors (Lipinski definition) is 2. The SMILES string of the molecule is CC1(C)Cc2cccc(CC3(O)CC3)c2O1. The molecule has 1 aliphatic carbocycles. The van der Waals surface area contributed by atoms with Gasteiger partial charge >= 0.3 is 0 Å². The first-order chi connectivity index (χ1) is 7.48. The van der Waals surface area contributed by atoms with Gasteiger partial charge in [0, 0.05) is 12.8 Å². The lowest BCUT2D eigenvalue weighted by Crippen LogP contribution is -2.25. The molecule has 1 fully saturated rings. The van der Waals surface area contributed by atoms with Gasteiger partial charge in [0.1, 0.15) is 11.4 Å². The van der Waals surface area contributed by atoms with Gasteiger partial charge in [0.2, 0.25) is 0 Å². The van der Waals surface area contributed by atoms with Gasteiger partial charge in [-0.25, -0.2) is 0 Å². The summed E-state index contributed by atoms with van der Waals surface area (Å²) in [5, 5.41) is 9.99. The van der Waals surface area contributed by atoms with Gasteiger partial charge in [-0.15, -0.1) is 0 Å². The lowest BCUT2D eigenvalue weighted by Gasteiger charge is -2.19. The normalized spacial score (nSPS) is 23.7. The molecular formula is C14H18O2. The molecule has 0 saturated heterocycles. The molecule has 0 aromatic heterocycles. The third-order valence-electron chi connectivity index (χ3n) is 3.52. The highest BCUT2D eigenvalue weighted by Crippen LogP contribution is 2.43. The van der Waals surface area contributed by atoms with E-state index in [9.17, 15) is 5.11 Å². The predicted molar refractivity (Wildman–Crippen MR) is 62.7 cm³/mol. The van der Waals surface area contributed by atoms with E-state index in [0.29, 0.717) is 0 Å². The molecule has 2 aliphatic rings. The molecule has 1 N–H and O–H groups in total. The van der Waals surface area contributed by atoms with E-state index in [4.69, 9.17) is 4.74 Å². The van der Waals surface area contributed by atoms with E-state index in [1.165, 1.54) is 11.1 Å². The van der Waals surface area contributed by atoms with E-state index in [2.05, 4.69) is 32.0 Å². The van der Waals surface area contributed by atoms with Crippen LogP contribution < -0.4 is 4.74 Å². The molecule has 86 valence electrons. The zero-order valence-electron chi connectivity index (χ0n) is 9.92. The maximum absolute atomic E-state index is 9.99. The molecule has 3 rings (SSSR count). The second-order valence-electron chi connectivity index (χ2n) is 5.85. The molecule has 1 saturated carbocycles. The summed E-state index contributed by atoms with van der Waals surface area (Å²) < 4.78 is 5.99. The molecule has 16 heavy (non-hydrogen) atoms. The lowest BCUT2D eigenvalue weighted by molar-refractivity contribution is 0.129. The average Bonchev–Trinajstić information content (AvgIpc) is 2.78. The number of rotatable bonds is 2. The third-order valence-corrected chi connectivity index (χ3v) is 3.52. The summed E-state index contributed by atoms with van der Waals surface area (Å²) in [5.74, 6) is 1.02. The molecule has 2 nitrogen and oxygen atoms in total. The summed E-state index contributed by atoms with van der Waals surface area (Å²) in [6.07, 6.45) is 3.57. The minimum absolute atomic E-state index is 0.0927. The third kappa shape index (κ3) is 1.71. The number of fused-ring (bicyclic) bond motifs is 1. The highest BCUT2D eigenvalue weighted by atomic mass is 16.5. The molecule has 1 aromatic carbocycles. The fourth-order valence-corrected chi connectivity index (χ4v) is 2.49. The van der Waals surface area contributed by atoms with Crippen molar-refractivity contribution in [2.45, 2.75) is 50.7 Å². The molecule has 0 atom stereocenters. The molecule has 1 aromatic rings. The van der Waals surface area contributed by atoms with Gasteiger partial charge in [-0.3, -0.25) is 0 Å².